The maximum atomic E-state index is 12.2. The van der Waals surface area contributed by atoms with Crippen LogP contribution in [0, 0.1) is 0 Å². The molecule has 9 heteroatoms. The maximum Gasteiger partial charge on any atom is 0.359 e. The Hall–Kier alpha value is -0.960. The number of carbonyl (C=O) groups excluding carboxylic acids is 1. The molecule has 6 nitrogen and oxygen atoms in total. The van der Waals surface area contributed by atoms with Gasteiger partial charge in [-0.1, -0.05) is 11.6 Å². The first-order valence-electron chi connectivity index (χ1n) is 5.02. The van der Waals surface area contributed by atoms with Gasteiger partial charge in [0, 0.05) is 12.6 Å². The highest BCUT2D eigenvalue weighted by Gasteiger charge is 2.32. The van der Waals surface area contributed by atoms with Crippen molar-refractivity contribution < 1.29 is 13.6 Å². The molecule has 98 valence electrons. The molecule has 0 spiro atoms. The van der Waals surface area contributed by atoms with Gasteiger partial charge in [0.05, 0.1) is 10.4 Å². The van der Waals surface area contributed by atoms with Crippen LogP contribution in [0.2, 0.25) is 4.34 Å². The van der Waals surface area contributed by atoms with Crippen LogP contribution in [0.5, 0.6) is 0 Å². The van der Waals surface area contributed by atoms with Crippen molar-refractivity contribution in [2.24, 2.45) is 5.10 Å². The molecule has 18 heavy (non-hydrogen) atoms. The van der Waals surface area contributed by atoms with E-state index in [1.54, 1.807) is 12.3 Å². The van der Waals surface area contributed by atoms with E-state index in [0.29, 0.717) is 15.8 Å². The summed E-state index contributed by atoms with van der Waals surface area (Å²) in [6.07, 6.45) is 2.23. The van der Waals surface area contributed by atoms with E-state index in [2.05, 4.69) is 5.10 Å². The number of urea groups is 1. The molecule has 0 aromatic carbocycles. The minimum absolute atomic E-state index is 0.126. The number of halogens is 1. The first-order valence-corrected chi connectivity index (χ1v) is 7.28. The molecule has 0 saturated carbocycles. The van der Waals surface area contributed by atoms with Crippen molar-refractivity contribution in [1.82, 2.24) is 5.01 Å². The van der Waals surface area contributed by atoms with Gasteiger partial charge in [0.15, 0.2) is 0 Å². The van der Waals surface area contributed by atoms with E-state index in [-0.39, 0.29) is 6.04 Å². The van der Waals surface area contributed by atoms with Crippen LogP contribution in [-0.4, -0.2) is 32.1 Å². The highest BCUT2D eigenvalue weighted by atomic mass is 35.5. The van der Waals surface area contributed by atoms with Gasteiger partial charge in [-0.05, 0) is 19.1 Å². The lowest BCUT2D eigenvalue weighted by atomic mass is 10.3. The maximum absolute atomic E-state index is 12.2. The second-order valence-corrected chi connectivity index (χ2v) is 6.13. The van der Waals surface area contributed by atoms with Gasteiger partial charge >= 0.3 is 6.03 Å². The summed E-state index contributed by atoms with van der Waals surface area (Å²) >= 11 is 4.35. The molecule has 1 N–H and O–H groups in total. The number of nitrogens with zero attached hydrogens (tertiary/aromatic N) is 3. The minimum atomic E-state index is -2.46. The molecule has 0 fully saturated rings. The second-order valence-electron chi connectivity index (χ2n) is 3.61. The lowest BCUT2D eigenvalue weighted by Gasteiger charge is -2.24. The van der Waals surface area contributed by atoms with Crippen LogP contribution in [0.1, 0.15) is 13.3 Å². The van der Waals surface area contributed by atoms with Crippen molar-refractivity contribution in [3.8, 4) is 0 Å². The van der Waals surface area contributed by atoms with Gasteiger partial charge in [0.1, 0.15) is 5.00 Å². The smallest absolute Gasteiger partial charge is 0.289 e. The fourth-order valence-electron chi connectivity index (χ4n) is 1.48. The molecule has 2 amide bonds. The van der Waals surface area contributed by atoms with Crippen molar-refractivity contribution in [2.75, 3.05) is 4.31 Å². The molecule has 2 atom stereocenters. The van der Waals surface area contributed by atoms with Gasteiger partial charge in [-0.15, -0.1) is 11.3 Å². The van der Waals surface area contributed by atoms with E-state index in [4.69, 9.17) is 11.6 Å². The average Bonchev–Trinajstić information content (AvgIpc) is 2.87. The topological polar surface area (TPSA) is 73.2 Å². The summed E-state index contributed by atoms with van der Waals surface area (Å²) in [7, 11) is 0. The first kappa shape index (κ1) is 13.5. The summed E-state index contributed by atoms with van der Waals surface area (Å²) in [6, 6.07) is 2.31. The summed E-state index contributed by atoms with van der Waals surface area (Å²) in [5, 5.41) is 5.38. The molecule has 1 aromatic rings. The number of amides is 2. The fourth-order valence-corrected chi connectivity index (χ4v) is 3.15. The van der Waals surface area contributed by atoms with Crippen LogP contribution in [0.15, 0.2) is 17.2 Å². The number of carbonyl (C=O) groups is 1. The standard InChI is InChI=1S/C9H10ClN3O3S2/c1-6-4-5-11-12(6)9(14)13(18(15)16)8-3-2-7(10)17-8/h2-3,5-6H,4H2,1H3,(H,15,16). The number of hydrogen-bond acceptors (Lipinski definition) is 4. The number of thiophene rings is 1. The van der Waals surface area contributed by atoms with Crippen molar-refractivity contribution in [1.29, 1.82) is 0 Å². The third kappa shape index (κ3) is 2.56. The largest absolute Gasteiger partial charge is 0.359 e. The lowest BCUT2D eigenvalue weighted by molar-refractivity contribution is 0.200. The summed E-state index contributed by atoms with van der Waals surface area (Å²) in [5.74, 6) is 0. The van der Waals surface area contributed by atoms with E-state index in [0.717, 1.165) is 15.6 Å². The van der Waals surface area contributed by atoms with Crippen LogP contribution < -0.4 is 4.31 Å². The normalized spacial score (nSPS) is 20.2. The SMILES string of the molecule is CC1CC=NN1C(=O)N(c1ccc(Cl)s1)S(=O)O. The molecule has 1 aliphatic heterocycles. The summed E-state index contributed by atoms with van der Waals surface area (Å²) in [6.45, 7) is 1.81. The summed E-state index contributed by atoms with van der Waals surface area (Å²) < 4.78 is 21.8. The van der Waals surface area contributed by atoms with Crippen LogP contribution in [0.25, 0.3) is 0 Å². The Morgan fingerprint density at radius 3 is 2.89 bits per heavy atom. The highest BCUT2D eigenvalue weighted by molar-refractivity contribution is 7.82. The van der Waals surface area contributed by atoms with Crippen molar-refractivity contribution in [3.05, 3.63) is 16.5 Å². The molecule has 2 unspecified atom stereocenters. The Kier molecular flexibility index (Phi) is 4.00. The lowest BCUT2D eigenvalue weighted by Crippen LogP contribution is -2.43. The van der Waals surface area contributed by atoms with Crippen LogP contribution in [0.4, 0.5) is 9.80 Å². The van der Waals surface area contributed by atoms with Gasteiger partial charge in [-0.3, -0.25) is 4.55 Å². The zero-order chi connectivity index (χ0) is 13.3. The predicted octanol–water partition coefficient (Wildman–Crippen LogP) is 2.54. The Bertz CT molecular complexity index is 519. The van der Waals surface area contributed by atoms with E-state index >= 15 is 0 Å². The van der Waals surface area contributed by atoms with Crippen LogP contribution in [0.3, 0.4) is 0 Å². The molecular formula is C9H10ClN3O3S2. The number of hydrazone groups is 1. The third-order valence-electron chi connectivity index (χ3n) is 2.36. The quantitative estimate of drug-likeness (QED) is 0.853. The predicted molar refractivity (Wildman–Crippen MR) is 72.4 cm³/mol. The van der Waals surface area contributed by atoms with E-state index in [1.165, 1.54) is 11.1 Å². The van der Waals surface area contributed by atoms with Gasteiger partial charge in [0.2, 0.25) is 0 Å². The fraction of sp³-hybridized carbons (Fsp3) is 0.333. The zero-order valence-electron chi connectivity index (χ0n) is 9.32. The zero-order valence-corrected chi connectivity index (χ0v) is 11.7. The van der Waals surface area contributed by atoms with Crippen molar-refractivity contribution >= 4 is 51.5 Å². The number of anilines is 1. The Balaban J connectivity index is 2.28. The number of hydrogen-bond donors (Lipinski definition) is 1. The molecular weight excluding hydrogens is 298 g/mol. The van der Waals surface area contributed by atoms with Crippen LogP contribution >= 0.6 is 22.9 Å². The minimum Gasteiger partial charge on any atom is -0.289 e. The Labute approximate surface area is 115 Å². The first-order chi connectivity index (χ1) is 8.50. The molecule has 2 heterocycles. The van der Waals surface area contributed by atoms with Gasteiger partial charge in [-0.25, -0.2) is 14.0 Å². The molecule has 0 radical (unpaired) electrons. The van der Waals surface area contributed by atoms with E-state index in [9.17, 15) is 13.6 Å². The van der Waals surface area contributed by atoms with Crippen molar-refractivity contribution in [3.63, 3.8) is 0 Å². The van der Waals surface area contributed by atoms with Crippen molar-refractivity contribution in [2.45, 2.75) is 19.4 Å². The molecule has 1 aliphatic rings. The third-order valence-corrected chi connectivity index (χ3v) is 4.35. The second kappa shape index (κ2) is 5.35. The molecule has 0 bridgehead atoms. The van der Waals surface area contributed by atoms with Gasteiger partial charge in [0.25, 0.3) is 11.3 Å². The molecule has 0 aliphatic carbocycles. The molecule has 0 saturated heterocycles. The Morgan fingerprint density at radius 2 is 2.44 bits per heavy atom. The molecule has 2 rings (SSSR count). The Morgan fingerprint density at radius 1 is 1.72 bits per heavy atom. The van der Waals surface area contributed by atoms with E-state index < -0.39 is 17.3 Å². The monoisotopic (exact) mass is 307 g/mol. The van der Waals surface area contributed by atoms with Gasteiger partial charge < -0.3 is 0 Å². The summed E-state index contributed by atoms with van der Waals surface area (Å²) in [5.41, 5.74) is 0. The highest BCUT2D eigenvalue weighted by Crippen LogP contribution is 2.31. The van der Waals surface area contributed by atoms with E-state index in [1.807, 2.05) is 6.92 Å². The molecule has 1 aromatic heterocycles. The van der Waals surface area contributed by atoms with Crippen LogP contribution in [-0.2, 0) is 11.3 Å². The average molecular weight is 308 g/mol. The van der Waals surface area contributed by atoms with Gasteiger partial charge in [-0.2, -0.15) is 9.41 Å². The summed E-state index contributed by atoms with van der Waals surface area (Å²) in [4.78, 5) is 12.2. The number of rotatable bonds is 2.